The normalized spacial score (nSPS) is 11.0. The van der Waals surface area contributed by atoms with Crippen LogP contribution in [0.1, 0.15) is 23.1 Å². The molecule has 0 aliphatic carbocycles. The maximum absolute atomic E-state index is 10.6. The molecule has 90 valence electrons. The topological polar surface area (TPSA) is 42.2 Å². The van der Waals surface area contributed by atoms with Gasteiger partial charge in [0.2, 0.25) is 0 Å². The molecule has 0 bridgehead atoms. The molecule has 0 saturated heterocycles. The maximum Gasteiger partial charge on any atom is 0.303 e. The molecule has 0 aliphatic rings. The highest BCUT2D eigenvalue weighted by molar-refractivity contribution is 5.88. The maximum atomic E-state index is 10.6. The van der Waals surface area contributed by atoms with Gasteiger partial charge in [-0.25, -0.2) is 0 Å². The zero-order valence-electron chi connectivity index (χ0n) is 10.4. The van der Waals surface area contributed by atoms with Gasteiger partial charge in [-0.3, -0.25) is 4.79 Å². The van der Waals surface area contributed by atoms with Crippen molar-refractivity contribution in [3.63, 3.8) is 0 Å². The molecule has 0 radical (unpaired) electrons. The van der Waals surface area contributed by atoms with E-state index in [4.69, 9.17) is 5.11 Å². The molecule has 1 heterocycles. The molecule has 1 N–H and O–H groups in total. The molecule has 2 aromatic rings. The summed E-state index contributed by atoms with van der Waals surface area (Å²) in [6, 6.07) is 4.19. The quantitative estimate of drug-likeness (QED) is 0.882. The average molecular weight is 231 g/mol. The van der Waals surface area contributed by atoms with Crippen LogP contribution in [-0.4, -0.2) is 15.6 Å². The van der Waals surface area contributed by atoms with E-state index in [1.165, 1.54) is 22.0 Å². The van der Waals surface area contributed by atoms with E-state index in [0.29, 0.717) is 6.42 Å². The average Bonchev–Trinajstić information content (AvgIpc) is 2.58. The van der Waals surface area contributed by atoms with Crippen LogP contribution in [0.3, 0.4) is 0 Å². The Morgan fingerprint density at radius 2 is 2.06 bits per heavy atom. The van der Waals surface area contributed by atoms with E-state index in [1.54, 1.807) is 0 Å². The van der Waals surface area contributed by atoms with E-state index >= 15 is 0 Å². The second kappa shape index (κ2) is 4.24. The van der Waals surface area contributed by atoms with Crippen LogP contribution in [0.4, 0.5) is 0 Å². The lowest BCUT2D eigenvalue weighted by atomic mass is 10.0. The third-order valence-corrected chi connectivity index (χ3v) is 3.36. The van der Waals surface area contributed by atoms with Gasteiger partial charge in [0.1, 0.15) is 0 Å². The highest BCUT2D eigenvalue weighted by Crippen LogP contribution is 2.26. The van der Waals surface area contributed by atoms with Gasteiger partial charge in [-0.2, -0.15) is 0 Å². The number of hydrogen-bond acceptors (Lipinski definition) is 1. The van der Waals surface area contributed by atoms with E-state index in [-0.39, 0.29) is 6.42 Å². The first-order valence-electron chi connectivity index (χ1n) is 5.76. The molecule has 0 spiro atoms. The first-order chi connectivity index (χ1) is 8.00. The van der Waals surface area contributed by atoms with Crippen LogP contribution < -0.4 is 0 Å². The summed E-state index contributed by atoms with van der Waals surface area (Å²) in [4.78, 5) is 10.6. The Morgan fingerprint density at radius 3 is 2.71 bits per heavy atom. The number of hydrogen-bond donors (Lipinski definition) is 1. The minimum Gasteiger partial charge on any atom is -0.481 e. The Bertz CT molecular complexity index is 581. The van der Waals surface area contributed by atoms with Crippen molar-refractivity contribution in [1.82, 2.24) is 4.57 Å². The standard InChI is InChI=1S/C14H17NO2/c1-9-4-6-12-11(5-7-13(16)17)8-15(3)14(12)10(9)2/h4,6,8H,5,7H2,1-3H3,(H,16,17). The van der Waals surface area contributed by atoms with Crippen molar-refractivity contribution in [3.05, 3.63) is 35.0 Å². The van der Waals surface area contributed by atoms with Crippen LogP contribution in [0.2, 0.25) is 0 Å². The first-order valence-corrected chi connectivity index (χ1v) is 5.76. The number of benzene rings is 1. The number of aliphatic carboxylic acids is 1. The largest absolute Gasteiger partial charge is 0.481 e. The molecular formula is C14H17NO2. The Morgan fingerprint density at radius 1 is 1.35 bits per heavy atom. The number of fused-ring (bicyclic) bond motifs is 1. The molecule has 0 atom stereocenters. The van der Waals surface area contributed by atoms with Gasteiger partial charge in [0.15, 0.2) is 0 Å². The van der Waals surface area contributed by atoms with Gasteiger partial charge in [0.05, 0.1) is 5.52 Å². The molecule has 0 fully saturated rings. The minimum atomic E-state index is -0.745. The van der Waals surface area contributed by atoms with E-state index < -0.39 is 5.97 Å². The zero-order chi connectivity index (χ0) is 12.6. The Balaban J connectivity index is 2.52. The number of carbonyl (C=O) groups is 1. The van der Waals surface area contributed by atoms with Gasteiger partial charge in [-0.15, -0.1) is 0 Å². The van der Waals surface area contributed by atoms with Crippen molar-refractivity contribution in [2.24, 2.45) is 7.05 Å². The predicted molar refractivity (Wildman–Crippen MR) is 68.3 cm³/mol. The summed E-state index contributed by atoms with van der Waals surface area (Å²) in [7, 11) is 2.01. The van der Waals surface area contributed by atoms with Crippen molar-refractivity contribution < 1.29 is 9.90 Å². The molecule has 2 rings (SSSR count). The summed E-state index contributed by atoms with van der Waals surface area (Å²) in [5, 5.41) is 9.92. The van der Waals surface area contributed by atoms with Crippen LogP contribution in [0.25, 0.3) is 10.9 Å². The van der Waals surface area contributed by atoms with E-state index in [0.717, 1.165) is 5.56 Å². The van der Waals surface area contributed by atoms with E-state index in [1.807, 2.05) is 13.2 Å². The fourth-order valence-electron chi connectivity index (χ4n) is 2.32. The molecule has 0 aliphatic heterocycles. The number of aromatic nitrogens is 1. The lowest BCUT2D eigenvalue weighted by molar-refractivity contribution is -0.136. The predicted octanol–water partition coefficient (Wildman–Crippen LogP) is 2.81. The molecule has 3 heteroatoms. The molecule has 17 heavy (non-hydrogen) atoms. The number of rotatable bonds is 3. The summed E-state index contributed by atoms with van der Waals surface area (Å²) in [5.74, 6) is -0.745. The summed E-state index contributed by atoms with van der Waals surface area (Å²) >= 11 is 0. The highest BCUT2D eigenvalue weighted by atomic mass is 16.4. The van der Waals surface area contributed by atoms with Gasteiger partial charge in [-0.1, -0.05) is 12.1 Å². The summed E-state index contributed by atoms with van der Waals surface area (Å²) in [5.41, 5.74) is 4.87. The van der Waals surface area contributed by atoms with Gasteiger partial charge in [0, 0.05) is 25.1 Å². The Hall–Kier alpha value is -1.77. The lowest BCUT2D eigenvalue weighted by Crippen LogP contribution is -1.96. The fraction of sp³-hybridized carbons (Fsp3) is 0.357. The SMILES string of the molecule is Cc1ccc2c(CCC(=O)O)cn(C)c2c1C. The van der Waals surface area contributed by atoms with Crippen molar-refractivity contribution in [1.29, 1.82) is 0 Å². The number of aryl methyl sites for hydroxylation is 4. The third kappa shape index (κ3) is 2.05. The number of nitrogens with zero attached hydrogens (tertiary/aromatic N) is 1. The van der Waals surface area contributed by atoms with Gasteiger partial charge >= 0.3 is 5.97 Å². The first kappa shape index (κ1) is 11.7. The summed E-state index contributed by atoms with van der Waals surface area (Å²) < 4.78 is 2.09. The monoisotopic (exact) mass is 231 g/mol. The summed E-state index contributed by atoms with van der Waals surface area (Å²) in [6.45, 7) is 4.21. The van der Waals surface area contributed by atoms with Crippen LogP contribution in [-0.2, 0) is 18.3 Å². The Kier molecular flexibility index (Phi) is 2.92. The molecule has 0 unspecified atom stereocenters. The highest BCUT2D eigenvalue weighted by Gasteiger charge is 2.10. The summed E-state index contributed by atoms with van der Waals surface area (Å²) in [6.07, 6.45) is 2.82. The molecule has 1 aromatic carbocycles. The van der Waals surface area contributed by atoms with Crippen molar-refractivity contribution in [3.8, 4) is 0 Å². The second-order valence-corrected chi connectivity index (χ2v) is 4.56. The molecular weight excluding hydrogens is 214 g/mol. The molecule has 0 amide bonds. The van der Waals surface area contributed by atoms with Crippen molar-refractivity contribution in [2.75, 3.05) is 0 Å². The van der Waals surface area contributed by atoms with Crippen LogP contribution in [0.15, 0.2) is 18.3 Å². The lowest BCUT2D eigenvalue weighted by Gasteiger charge is -2.04. The van der Waals surface area contributed by atoms with Crippen molar-refractivity contribution in [2.45, 2.75) is 26.7 Å². The van der Waals surface area contributed by atoms with Crippen LogP contribution in [0.5, 0.6) is 0 Å². The van der Waals surface area contributed by atoms with Crippen LogP contribution >= 0.6 is 0 Å². The fourth-order valence-corrected chi connectivity index (χ4v) is 2.32. The van der Waals surface area contributed by atoms with Gasteiger partial charge in [0.25, 0.3) is 0 Å². The molecule has 1 aromatic heterocycles. The van der Waals surface area contributed by atoms with E-state index in [2.05, 4.69) is 30.5 Å². The third-order valence-electron chi connectivity index (χ3n) is 3.36. The van der Waals surface area contributed by atoms with Gasteiger partial charge < -0.3 is 9.67 Å². The van der Waals surface area contributed by atoms with Crippen molar-refractivity contribution >= 4 is 16.9 Å². The smallest absolute Gasteiger partial charge is 0.303 e. The zero-order valence-corrected chi connectivity index (χ0v) is 10.4. The second-order valence-electron chi connectivity index (χ2n) is 4.56. The van der Waals surface area contributed by atoms with E-state index in [9.17, 15) is 4.79 Å². The number of carboxylic acids is 1. The molecule has 0 saturated carbocycles. The van der Waals surface area contributed by atoms with Crippen LogP contribution in [0, 0.1) is 13.8 Å². The number of carboxylic acid groups (broad SMARTS) is 1. The minimum absolute atomic E-state index is 0.187. The Labute approximate surface area is 101 Å². The van der Waals surface area contributed by atoms with Gasteiger partial charge in [-0.05, 0) is 37.0 Å². The molecule has 3 nitrogen and oxygen atoms in total.